The summed E-state index contributed by atoms with van der Waals surface area (Å²) in [6, 6.07) is 0. The average Bonchev–Trinajstić information content (AvgIpc) is 3.26. The Balaban J connectivity index is 1.61. The number of hydrogen-bond donors (Lipinski definition) is 1. The Morgan fingerprint density at radius 1 is 1.36 bits per heavy atom. The highest BCUT2D eigenvalue weighted by Crippen LogP contribution is 2.30. The van der Waals surface area contributed by atoms with Crippen LogP contribution in [0.1, 0.15) is 47.3 Å². The first kappa shape index (κ1) is 20.3. The van der Waals surface area contributed by atoms with Crippen molar-refractivity contribution in [2.24, 2.45) is 0 Å². The molecule has 1 aliphatic rings. The second-order valence-electron chi connectivity index (χ2n) is 6.47. The number of methoxy groups -OCH3 is 1. The van der Waals surface area contributed by atoms with E-state index in [0.717, 1.165) is 6.33 Å². The number of aromatic amines is 1. The molecular formula is C16H21F3N6O3. The van der Waals surface area contributed by atoms with Crippen molar-refractivity contribution in [2.45, 2.75) is 32.2 Å². The number of rotatable bonds is 5. The summed E-state index contributed by atoms with van der Waals surface area (Å²) < 4.78 is 49.3. The van der Waals surface area contributed by atoms with E-state index in [1.165, 1.54) is 4.90 Å². The van der Waals surface area contributed by atoms with Crippen molar-refractivity contribution in [3.63, 3.8) is 0 Å². The minimum absolute atomic E-state index is 0.276. The van der Waals surface area contributed by atoms with Crippen LogP contribution in [0, 0.1) is 0 Å². The zero-order chi connectivity index (χ0) is 20.3. The predicted molar refractivity (Wildman–Crippen MR) is 89.1 cm³/mol. The van der Waals surface area contributed by atoms with Crippen molar-refractivity contribution in [1.29, 1.82) is 0 Å². The van der Waals surface area contributed by atoms with Gasteiger partial charge in [-0.15, -0.1) is 0 Å². The maximum Gasteiger partial charge on any atom is 0.433 e. The van der Waals surface area contributed by atoms with Gasteiger partial charge in [-0.1, -0.05) is 5.16 Å². The van der Waals surface area contributed by atoms with Gasteiger partial charge in [-0.3, -0.25) is 9.69 Å². The monoisotopic (exact) mass is 402 g/mol. The molecule has 0 radical (unpaired) electrons. The van der Waals surface area contributed by atoms with Crippen LogP contribution in [0.4, 0.5) is 13.2 Å². The van der Waals surface area contributed by atoms with Crippen molar-refractivity contribution in [3.05, 3.63) is 29.4 Å². The SMILES string of the molecule is COC(C)c1noc(CN2CCCN(C(=O)c3nc[nH]c3C(F)(F)F)CC2)n1. The maximum absolute atomic E-state index is 13.0. The third-order valence-electron chi connectivity index (χ3n) is 4.56. The minimum Gasteiger partial charge on any atom is -0.374 e. The number of carbonyl (C=O) groups excluding carboxylic acids is 1. The fourth-order valence-electron chi connectivity index (χ4n) is 2.95. The van der Waals surface area contributed by atoms with Gasteiger partial charge in [-0.05, 0) is 13.3 Å². The van der Waals surface area contributed by atoms with Crippen molar-refractivity contribution < 1.29 is 27.2 Å². The lowest BCUT2D eigenvalue weighted by Gasteiger charge is -2.21. The molecule has 154 valence electrons. The Bertz CT molecular complexity index is 806. The summed E-state index contributed by atoms with van der Waals surface area (Å²) in [5.74, 6) is 0.136. The van der Waals surface area contributed by atoms with E-state index in [4.69, 9.17) is 9.26 Å². The van der Waals surface area contributed by atoms with Gasteiger partial charge in [0.15, 0.2) is 17.2 Å². The molecule has 1 amide bonds. The summed E-state index contributed by atoms with van der Waals surface area (Å²) in [5, 5.41) is 3.86. The Morgan fingerprint density at radius 3 is 2.86 bits per heavy atom. The molecule has 1 unspecified atom stereocenters. The number of amides is 1. The summed E-state index contributed by atoms with van der Waals surface area (Å²) >= 11 is 0. The number of alkyl halides is 3. The third kappa shape index (κ3) is 4.50. The summed E-state index contributed by atoms with van der Waals surface area (Å²) in [4.78, 5) is 25.8. The lowest BCUT2D eigenvalue weighted by molar-refractivity contribution is -0.141. The maximum atomic E-state index is 13.0. The van der Waals surface area contributed by atoms with Gasteiger partial charge in [-0.25, -0.2) is 4.98 Å². The lowest BCUT2D eigenvalue weighted by Crippen LogP contribution is -2.36. The molecule has 28 heavy (non-hydrogen) atoms. The highest BCUT2D eigenvalue weighted by Gasteiger charge is 2.39. The van der Waals surface area contributed by atoms with Crippen molar-refractivity contribution in [3.8, 4) is 0 Å². The van der Waals surface area contributed by atoms with Gasteiger partial charge >= 0.3 is 6.18 Å². The normalized spacial score (nSPS) is 17.5. The summed E-state index contributed by atoms with van der Waals surface area (Å²) in [6.45, 7) is 3.92. The van der Waals surface area contributed by atoms with Crippen molar-refractivity contribution in [1.82, 2.24) is 29.9 Å². The van der Waals surface area contributed by atoms with E-state index in [2.05, 4.69) is 15.1 Å². The fourth-order valence-corrected chi connectivity index (χ4v) is 2.95. The van der Waals surface area contributed by atoms with E-state index >= 15 is 0 Å². The summed E-state index contributed by atoms with van der Waals surface area (Å²) in [6.07, 6.45) is -3.46. The first-order valence-corrected chi connectivity index (χ1v) is 8.77. The zero-order valence-electron chi connectivity index (χ0n) is 15.5. The number of nitrogens with zero attached hydrogens (tertiary/aromatic N) is 5. The molecule has 9 nitrogen and oxygen atoms in total. The Labute approximate surface area is 158 Å². The number of hydrogen-bond acceptors (Lipinski definition) is 7. The standard InChI is InChI=1S/C16H21F3N6O3/c1-10(27-2)14-22-11(28-23-14)8-24-4-3-5-25(7-6-24)15(26)12-13(16(17,18)19)21-9-20-12/h9-10H,3-8H2,1-2H3,(H,20,21). The van der Waals surface area contributed by atoms with Gasteiger partial charge in [0.05, 0.1) is 12.9 Å². The van der Waals surface area contributed by atoms with Gasteiger partial charge in [0.2, 0.25) is 5.89 Å². The van der Waals surface area contributed by atoms with Crippen LogP contribution in [-0.2, 0) is 17.5 Å². The van der Waals surface area contributed by atoms with Gasteiger partial charge in [0.1, 0.15) is 6.10 Å². The number of H-pyrrole nitrogens is 1. The zero-order valence-corrected chi connectivity index (χ0v) is 15.5. The first-order chi connectivity index (χ1) is 13.3. The number of ether oxygens (including phenoxy) is 1. The molecule has 1 saturated heterocycles. The number of halogens is 3. The molecular weight excluding hydrogens is 381 g/mol. The quantitative estimate of drug-likeness (QED) is 0.815. The van der Waals surface area contributed by atoms with Crippen molar-refractivity contribution in [2.75, 3.05) is 33.3 Å². The van der Waals surface area contributed by atoms with Crippen LogP contribution < -0.4 is 0 Å². The molecule has 0 aromatic carbocycles. The molecule has 0 bridgehead atoms. The molecule has 1 atom stereocenters. The van der Waals surface area contributed by atoms with Gasteiger partial charge in [-0.2, -0.15) is 18.2 Å². The molecule has 3 rings (SSSR count). The Hall–Kier alpha value is -2.47. The number of imidazole rings is 1. The molecule has 1 N–H and O–H groups in total. The minimum atomic E-state index is -4.66. The van der Waals surface area contributed by atoms with Gasteiger partial charge < -0.3 is 19.1 Å². The fraction of sp³-hybridized carbons (Fsp3) is 0.625. The summed E-state index contributed by atoms with van der Waals surface area (Å²) in [7, 11) is 1.55. The van der Waals surface area contributed by atoms with Crippen LogP contribution in [0.5, 0.6) is 0 Å². The van der Waals surface area contributed by atoms with E-state index in [9.17, 15) is 18.0 Å². The Kier molecular flexibility index (Phi) is 5.98. The molecule has 1 fully saturated rings. The summed E-state index contributed by atoms with van der Waals surface area (Å²) in [5.41, 5.74) is -1.72. The van der Waals surface area contributed by atoms with E-state index < -0.39 is 23.5 Å². The van der Waals surface area contributed by atoms with Crippen LogP contribution in [0.15, 0.2) is 10.9 Å². The molecule has 0 saturated carbocycles. The van der Waals surface area contributed by atoms with Crippen LogP contribution >= 0.6 is 0 Å². The van der Waals surface area contributed by atoms with Crippen LogP contribution in [0.2, 0.25) is 0 Å². The van der Waals surface area contributed by atoms with Gasteiger partial charge in [0, 0.05) is 33.3 Å². The lowest BCUT2D eigenvalue weighted by atomic mass is 10.2. The molecule has 0 aliphatic carbocycles. The molecule has 0 spiro atoms. The van der Waals surface area contributed by atoms with Crippen LogP contribution in [0.25, 0.3) is 0 Å². The first-order valence-electron chi connectivity index (χ1n) is 8.77. The Morgan fingerprint density at radius 2 is 2.14 bits per heavy atom. The highest BCUT2D eigenvalue weighted by molar-refractivity contribution is 5.93. The predicted octanol–water partition coefficient (Wildman–Crippen LogP) is 1.87. The molecule has 3 heterocycles. The third-order valence-corrected chi connectivity index (χ3v) is 4.56. The number of nitrogens with one attached hydrogen (secondary N) is 1. The van der Waals surface area contributed by atoms with E-state index in [0.29, 0.717) is 44.3 Å². The topological polar surface area (TPSA) is 100 Å². The van der Waals surface area contributed by atoms with Gasteiger partial charge in [0.25, 0.3) is 5.91 Å². The number of aromatic nitrogens is 4. The van der Waals surface area contributed by atoms with Crippen LogP contribution in [-0.4, -0.2) is 69.1 Å². The molecule has 12 heteroatoms. The van der Waals surface area contributed by atoms with E-state index in [-0.39, 0.29) is 12.6 Å². The second kappa shape index (κ2) is 8.27. The highest BCUT2D eigenvalue weighted by atomic mass is 19.4. The second-order valence-corrected chi connectivity index (χ2v) is 6.47. The van der Waals surface area contributed by atoms with Crippen LogP contribution in [0.3, 0.4) is 0 Å². The largest absolute Gasteiger partial charge is 0.433 e. The molecule has 2 aromatic heterocycles. The smallest absolute Gasteiger partial charge is 0.374 e. The van der Waals surface area contributed by atoms with Crippen molar-refractivity contribution >= 4 is 5.91 Å². The molecule has 1 aliphatic heterocycles. The van der Waals surface area contributed by atoms with E-state index in [1.54, 1.807) is 14.0 Å². The van der Waals surface area contributed by atoms with E-state index in [1.807, 2.05) is 9.88 Å². The number of carbonyl (C=O) groups is 1. The molecule has 2 aromatic rings. The average molecular weight is 402 g/mol.